The number of aromatic nitrogens is 4. The molecule has 6 heteroatoms. The first kappa shape index (κ1) is 25.0. The van der Waals surface area contributed by atoms with Gasteiger partial charge in [-0.25, -0.2) is 15.0 Å². The zero-order valence-electron chi connectivity index (χ0n) is 23.5. The predicted octanol–water partition coefficient (Wildman–Crippen LogP) is 8.01. The van der Waals surface area contributed by atoms with E-state index in [1.165, 1.54) is 44.2 Å². The Morgan fingerprint density at radius 2 is 1.12 bits per heavy atom. The molecule has 1 N–H and O–H groups in total. The van der Waals surface area contributed by atoms with E-state index in [2.05, 4.69) is 100.0 Å². The Balaban J connectivity index is 1.24. The van der Waals surface area contributed by atoms with Crippen LogP contribution in [0.5, 0.6) is 0 Å². The van der Waals surface area contributed by atoms with Crippen LogP contribution in [0.1, 0.15) is 11.3 Å². The first-order valence-electron chi connectivity index (χ1n) is 14.2. The molecule has 0 saturated heterocycles. The van der Waals surface area contributed by atoms with Crippen molar-refractivity contribution in [3.8, 4) is 33.5 Å². The first-order chi connectivity index (χ1) is 21.2. The fraction of sp³-hybridized carbons (Fsp3) is 0.0541. The summed E-state index contributed by atoms with van der Waals surface area (Å²) in [5, 5.41) is 10.6. The van der Waals surface area contributed by atoms with Crippen LogP contribution in [0, 0.1) is 6.92 Å². The molecule has 4 heterocycles. The number of hydrogen-bond acceptors (Lipinski definition) is 6. The molecule has 6 nitrogen and oxygen atoms in total. The van der Waals surface area contributed by atoms with Crippen LogP contribution in [0.25, 0.3) is 71.4 Å². The van der Waals surface area contributed by atoms with Crippen molar-refractivity contribution in [2.45, 2.75) is 6.92 Å². The van der Waals surface area contributed by atoms with Crippen LogP contribution in [0.15, 0.2) is 121 Å². The third-order valence-electron chi connectivity index (χ3n) is 8.15. The summed E-state index contributed by atoms with van der Waals surface area (Å²) in [7, 11) is 0. The Morgan fingerprint density at radius 3 is 1.74 bits per heavy atom. The Labute approximate surface area is 248 Å². The van der Waals surface area contributed by atoms with Gasteiger partial charge in [0.1, 0.15) is 6.33 Å². The quantitative estimate of drug-likeness (QED) is 0.223. The van der Waals surface area contributed by atoms with E-state index < -0.39 is 0 Å². The van der Waals surface area contributed by atoms with Gasteiger partial charge in [0.05, 0.1) is 17.7 Å². The standard InChI is InChI=1S/C37H26N6/c1-23-2-7-32-33(12-23)35-14-25(27-6-11-37(43-20-27)29-17-40-22-41-18-29)4-9-31(35)30-8-3-24(13-34(30)32)26-5-10-36(42-19-26)28-15-38-21-39-16-28/h2-15,17-22H,16H2,1H3,(H,38,39). The zero-order valence-corrected chi connectivity index (χ0v) is 23.5. The molecule has 0 bridgehead atoms. The number of pyridine rings is 2. The zero-order chi connectivity index (χ0) is 28.8. The van der Waals surface area contributed by atoms with Crippen LogP contribution in [-0.4, -0.2) is 32.8 Å². The number of rotatable bonds is 4. The highest BCUT2D eigenvalue weighted by Crippen LogP contribution is 2.39. The highest BCUT2D eigenvalue weighted by Gasteiger charge is 2.13. The smallest absolute Gasteiger partial charge is 0.115 e. The number of hydrogen-bond donors (Lipinski definition) is 1. The lowest BCUT2D eigenvalue weighted by atomic mass is 9.90. The van der Waals surface area contributed by atoms with Gasteiger partial charge in [-0.2, -0.15) is 0 Å². The maximum atomic E-state index is 4.75. The minimum Gasteiger partial charge on any atom is -0.372 e. The van der Waals surface area contributed by atoms with E-state index in [0.717, 1.165) is 51.3 Å². The number of benzene rings is 4. The molecule has 8 rings (SSSR count). The molecule has 0 fully saturated rings. The summed E-state index contributed by atoms with van der Waals surface area (Å²) in [5.74, 6) is 0. The SMILES string of the molecule is Cc1ccc2c(c1)c1cc(-c3ccc(-c4cncnc4)nc3)ccc1c1ccc(-c3ccc(C4=CN=CNC4)nc3)cc12. The van der Waals surface area contributed by atoms with Crippen molar-refractivity contribution in [2.75, 3.05) is 6.54 Å². The van der Waals surface area contributed by atoms with Crippen LogP contribution < -0.4 is 5.32 Å². The summed E-state index contributed by atoms with van der Waals surface area (Å²) in [5.41, 5.74) is 9.46. The maximum Gasteiger partial charge on any atom is 0.115 e. The Hall–Kier alpha value is -5.75. The molecule has 3 aromatic heterocycles. The van der Waals surface area contributed by atoms with Gasteiger partial charge in [-0.1, -0.05) is 60.2 Å². The van der Waals surface area contributed by atoms with Gasteiger partial charge in [0.2, 0.25) is 0 Å². The third kappa shape index (κ3) is 4.50. The highest BCUT2D eigenvalue weighted by molar-refractivity contribution is 6.26. The second-order valence-corrected chi connectivity index (χ2v) is 10.9. The van der Waals surface area contributed by atoms with Crippen LogP contribution in [0.2, 0.25) is 0 Å². The van der Waals surface area contributed by atoms with Gasteiger partial charge < -0.3 is 5.32 Å². The number of nitrogens with one attached hydrogen (secondary N) is 1. The van der Waals surface area contributed by atoms with Crippen molar-refractivity contribution >= 4 is 44.2 Å². The Kier molecular flexibility index (Phi) is 5.97. The molecule has 0 spiro atoms. The van der Waals surface area contributed by atoms with E-state index in [1.54, 1.807) is 18.7 Å². The molecule has 204 valence electrons. The lowest BCUT2D eigenvalue weighted by molar-refractivity contribution is 1.04. The van der Waals surface area contributed by atoms with Gasteiger partial charge in [0.15, 0.2) is 0 Å². The molecule has 0 aliphatic carbocycles. The molecule has 0 radical (unpaired) electrons. The van der Waals surface area contributed by atoms with Gasteiger partial charge in [-0.15, -0.1) is 0 Å². The van der Waals surface area contributed by atoms with Gasteiger partial charge in [-0.3, -0.25) is 9.97 Å². The van der Waals surface area contributed by atoms with E-state index in [4.69, 9.17) is 9.97 Å². The summed E-state index contributed by atoms with van der Waals surface area (Å²) in [6.07, 6.45) is 12.6. The number of aryl methyl sites for hydroxylation is 1. The van der Waals surface area contributed by atoms with Crippen molar-refractivity contribution in [3.05, 3.63) is 127 Å². The van der Waals surface area contributed by atoms with Gasteiger partial charge in [-0.05, 0) is 74.6 Å². The van der Waals surface area contributed by atoms with Crippen LogP contribution in [-0.2, 0) is 0 Å². The summed E-state index contributed by atoms with van der Waals surface area (Å²) >= 11 is 0. The summed E-state index contributed by atoms with van der Waals surface area (Å²) in [4.78, 5) is 21.9. The van der Waals surface area contributed by atoms with E-state index in [1.807, 2.05) is 24.7 Å². The van der Waals surface area contributed by atoms with Gasteiger partial charge in [0, 0.05) is 59.8 Å². The minimum atomic E-state index is 0.733. The Morgan fingerprint density at radius 1 is 0.535 bits per heavy atom. The number of nitrogens with zero attached hydrogens (tertiary/aromatic N) is 5. The molecular formula is C37H26N6. The number of aliphatic imine (C=N–C) groups is 1. The lowest BCUT2D eigenvalue weighted by Gasteiger charge is -2.14. The van der Waals surface area contributed by atoms with E-state index in [9.17, 15) is 0 Å². The monoisotopic (exact) mass is 554 g/mol. The average molecular weight is 555 g/mol. The second kappa shape index (κ2) is 10.3. The number of fused-ring (bicyclic) bond motifs is 6. The summed E-state index contributed by atoms with van der Waals surface area (Å²) < 4.78 is 0. The van der Waals surface area contributed by atoms with Crippen molar-refractivity contribution < 1.29 is 0 Å². The van der Waals surface area contributed by atoms with Crippen LogP contribution in [0.4, 0.5) is 0 Å². The highest BCUT2D eigenvalue weighted by atomic mass is 15.0. The first-order valence-corrected chi connectivity index (χ1v) is 14.2. The topological polar surface area (TPSA) is 76.0 Å². The second-order valence-electron chi connectivity index (χ2n) is 10.9. The van der Waals surface area contributed by atoms with Crippen molar-refractivity contribution in [3.63, 3.8) is 0 Å². The molecule has 0 atom stereocenters. The largest absolute Gasteiger partial charge is 0.372 e. The molecular weight excluding hydrogens is 528 g/mol. The molecule has 7 aromatic rings. The fourth-order valence-corrected chi connectivity index (χ4v) is 5.94. The molecule has 0 amide bonds. The molecule has 1 aliphatic heterocycles. The molecule has 0 saturated carbocycles. The molecule has 43 heavy (non-hydrogen) atoms. The van der Waals surface area contributed by atoms with Gasteiger partial charge in [0.25, 0.3) is 0 Å². The van der Waals surface area contributed by atoms with Crippen molar-refractivity contribution in [1.29, 1.82) is 0 Å². The summed E-state index contributed by atoms with van der Waals surface area (Å²) in [6, 6.07) is 28.6. The van der Waals surface area contributed by atoms with Crippen LogP contribution >= 0.6 is 0 Å². The van der Waals surface area contributed by atoms with Gasteiger partial charge >= 0.3 is 0 Å². The average Bonchev–Trinajstić information content (AvgIpc) is 3.09. The fourth-order valence-electron chi connectivity index (χ4n) is 5.94. The lowest BCUT2D eigenvalue weighted by Crippen LogP contribution is -2.17. The van der Waals surface area contributed by atoms with Crippen LogP contribution in [0.3, 0.4) is 0 Å². The maximum absolute atomic E-state index is 4.75. The van der Waals surface area contributed by atoms with E-state index >= 15 is 0 Å². The Bertz CT molecular complexity index is 2220. The summed E-state index contributed by atoms with van der Waals surface area (Å²) in [6.45, 7) is 2.89. The van der Waals surface area contributed by atoms with Crippen molar-refractivity contribution in [1.82, 2.24) is 25.3 Å². The predicted molar refractivity (Wildman–Crippen MR) is 176 cm³/mol. The van der Waals surface area contributed by atoms with E-state index in [-0.39, 0.29) is 0 Å². The minimum absolute atomic E-state index is 0.733. The van der Waals surface area contributed by atoms with E-state index in [0.29, 0.717) is 0 Å². The molecule has 4 aromatic carbocycles. The molecule has 1 aliphatic rings. The van der Waals surface area contributed by atoms with Crippen molar-refractivity contribution in [2.24, 2.45) is 4.99 Å². The normalized spacial score (nSPS) is 12.9. The third-order valence-corrected chi connectivity index (χ3v) is 8.15. The molecule has 0 unspecified atom stereocenters.